The van der Waals surface area contributed by atoms with Gasteiger partial charge >= 0.3 is 0 Å². The maximum Gasteiger partial charge on any atom is 0.125 e. The summed E-state index contributed by atoms with van der Waals surface area (Å²) >= 11 is 1.83. The molecule has 3 heteroatoms. The van der Waals surface area contributed by atoms with Crippen molar-refractivity contribution in [3.8, 4) is 0 Å². The van der Waals surface area contributed by atoms with E-state index in [-0.39, 0.29) is 6.04 Å². The fourth-order valence-corrected chi connectivity index (χ4v) is 1.90. The van der Waals surface area contributed by atoms with E-state index in [1.807, 2.05) is 37.7 Å². The predicted molar refractivity (Wildman–Crippen MR) is 68.7 cm³/mol. The van der Waals surface area contributed by atoms with Gasteiger partial charge in [0.25, 0.3) is 0 Å². The highest BCUT2D eigenvalue weighted by Crippen LogP contribution is 2.17. The largest absolute Gasteiger partial charge is 0.383 e. The summed E-state index contributed by atoms with van der Waals surface area (Å²) < 4.78 is 0. The van der Waals surface area contributed by atoms with Crippen LogP contribution in [0.2, 0.25) is 0 Å². The highest BCUT2D eigenvalue weighted by atomic mass is 32.2. The summed E-state index contributed by atoms with van der Waals surface area (Å²) in [6.07, 6.45) is 0. The van der Waals surface area contributed by atoms with Crippen LogP contribution in [0.25, 0.3) is 0 Å². The zero-order valence-electron chi connectivity index (χ0n) is 9.53. The predicted octanol–water partition coefficient (Wildman–Crippen LogP) is 2.91. The number of nitrogens with two attached hydrogens (primary N) is 1. The number of nitrogens with zero attached hydrogens (tertiary/aromatic N) is 1. The fraction of sp³-hybridized carbons (Fsp3) is 0.417. The second kappa shape index (κ2) is 5.81. The molecule has 2 nitrogen and oxygen atoms in total. The van der Waals surface area contributed by atoms with Gasteiger partial charge in [0, 0.05) is 16.5 Å². The molecule has 82 valence electrons. The van der Waals surface area contributed by atoms with Crippen LogP contribution in [0.15, 0.2) is 34.2 Å². The Balaban J connectivity index is 2.79. The van der Waals surface area contributed by atoms with Gasteiger partial charge in [-0.05, 0) is 31.7 Å². The zero-order valence-corrected chi connectivity index (χ0v) is 10.3. The van der Waals surface area contributed by atoms with Crippen LogP contribution in [0.5, 0.6) is 0 Å². The molecule has 0 unspecified atom stereocenters. The molecule has 1 aromatic carbocycles. The van der Waals surface area contributed by atoms with Gasteiger partial charge in [-0.2, -0.15) is 0 Å². The van der Waals surface area contributed by atoms with E-state index in [1.165, 1.54) is 4.90 Å². The molecule has 0 amide bonds. The second-order valence-corrected chi connectivity index (χ2v) is 4.90. The molecule has 0 saturated carbocycles. The SMILES string of the molecule is CCSc1ccc(C(N)=NC(C)C)cc1. The average Bonchev–Trinajstić information content (AvgIpc) is 2.18. The first-order valence-corrected chi connectivity index (χ1v) is 6.18. The van der Waals surface area contributed by atoms with Crippen molar-refractivity contribution < 1.29 is 0 Å². The molecule has 0 saturated heterocycles. The van der Waals surface area contributed by atoms with Crippen LogP contribution in [0, 0.1) is 0 Å². The normalized spacial score (nSPS) is 12.1. The minimum atomic E-state index is 0.245. The van der Waals surface area contributed by atoms with Crippen molar-refractivity contribution in [2.24, 2.45) is 10.7 Å². The molecule has 0 fully saturated rings. The van der Waals surface area contributed by atoms with E-state index < -0.39 is 0 Å². The molecule has 0 atom stereocenters. The van der Waals surface area contributed by atoms with Crippen molar-refractivity contribution in [2.45, 2.75) is 31.7 Å². The maximum absolute atomic E-state index is 5.86. The molecule has 0 aliphatic carbocycles. The smallest absolute Gasteiger partial charge is 0.125 e. The Labute approximate surface area is 96.0 Å². The second-order valence-electron chi connectivity index (χ2n) is 3.57. The van der Waals surface area contributed by atoms with Crippen LogP contribution < -0.4 is 5.73 Å². The van der Waals surface area contributed by atoms with Crippen LogP contribution in [0.1, 0.15) is 26.3 Å². The van der Waals surface area contributed by atoms with Gasteiger partial charge in [0.05, 0.1) is 0 Å². The summed E-state index contributed by atoms with van der Waals surface area (Å²) in [6.45, 7) is 6.19. The molecule has 0 heterocycles. The molecule has 0 aliphatic heterocycles. The Hall–Kier alpha value is -0.960. The minimum absolute atomic E-state index is 0.245. The van der Waals surface area contributed by atoms with E-state index in [4.69, 9.17) is 5.73 Å². The number of hydrogen-bond donors (Lipinski definition) is 1. The molecule has 0 aliphatic rings. The van der Waals surface area contributed by atoms with Crippen LogP contribution in [-0.4, -0.2) is 17.6 Å². The van der Waals surface area contributed by atoms with Crippen LogP contribution >= 0.6 is 11.8 Å². The average molecular weight is 222 g/mol. The summed E-state index contributed by atoms with van der Waals surface area (Å²) in [5, 5.41) is 0. The molecule has 15 heavy (non-hydrogen) atoms. The van der Waals surface area contributed by atoms with Crippen molar-refractivity contribution in [2.75, 3.05) is 5.75 Å². The van der Waals surface area contributed by atoms with Crippen LogP contribution in [0.4, 0.5) is 0 Å². The number of amidine groups is 1. The fourth-order valence-electron chi connectivity index (χ4n) is 1.24. The molecule has 0 radical (unpaired) electrons. The third-order valence-corrected chi connectivity index (χ3v) is 2.75. The molecule has 1 aromatic rings. The summed E-state index contributed by atoms with van der Waals surface area (Å²) in [5.41, 5.74) is 6.87. The monoisotopic (exact) mass is 222 g/mol. The Bertz CT molecular complexity index is 328. The highest BCUT2D eigenvalue weighted by molar-refractivity contribution is 7.99. The summed E-state index contributed by atoms with van der Waals surface area (Å²) in [7, 11) is 0. The van der Waals surface area contributed by atoms with Gasteiger partial charge in [0.2, 0.25) is 0 Å². The maximum atomic E-state index is 5.86. The van der Waals surface area contributed by atoms with Gasteiger partial charge in [0.15, 0.2) is 0 Å². The number of hydrogen-bond acceptors (Lipinski definition) is 2. The summed E-state index contributed by atoms with van der Waals surface area (Å²) in [4.78, 5) is 5.59. The van der Waals surface area contributed by atoms with E-state index in [0.717, 1.165) is 11.3 Å². The molecule has 0 bridgehead atoms. The zero-order chi connectivity index (χ0) is 11.3. The third kappa shape index (κ3) is 3.96. The van der Waals surface area contributed by atoms with Gasteiger partial charge in [-0.15, -0.1) is 11.8 Å². The number of aliphatic imine (C=N–C) groups is 1. The van der Waals surface area contributed by atoms with Crippen molar-refractivity contribution in [3.05, 3.63) is 29.8 Å². The first kappa shape index (κ1) is 12.1. The van der Waals surface area contributed by atoms with Crippen LogP contribution in [-0.2, 0) is 0 Å². The number of benzene rings is 1. The highest BCUT2D eigenvalue weighted by Gasteiger charge is 1.99. The molecular weight excluding hydrogens is 204 g/mol. The third-order valence-electron chi connectivity index (χ3n) is 1.86. The quantitative estimate of drug-likeness (QED) is 0.483. The Morgan fingerprint density at radius 1 is 1.33 bits per heavy atom. The summed E-state index contributed by atoms with van der Waals surface area (Å²) in [5.74, 6) is 1.72. The van der Waals surface area contributed by atoms with Gasteiger partial charge in [0.1, 0.15) is 5.84 Å². The first-order chi connectivity index (χ1) is 7.13. The molecular formula is C12H18N2S. The van der Waals surface area contributed by atoms with E-state index in [9.17, 15) is 0 Å². The Kier molecular flexibility index (Phi) is 4.69. The van der Waals surface area contributed by atoms with Crippen molar-refractivity contribution >= 4 is 17.6 Å². The van der Waals surface area contributed by atoms with Crippen molar-refractivity contribution in [1.29, 1.82) is 0 Å². The number of rotatable bonds is 4. The standard InChI is InChI=1S/C12H18N2S/c1-4-15-11-7-5-10(6-8-11)12(13)14-9(2)3/h5-9H,4H2,1-3H3,(H2,13,14). The number of thioether (sulfide) groups is 1. The lowest BCUT2D eigenvalue weighted by molar-refractivity contribution is 0.834. The minimum Gasteiger partial charge on any atom is -0.383 e. The lowest BCUT2D eigenvalue weighted by atomic mass is 10.2. The van der Waals surface area contributed by atoms with E-state index in [2.05, 4.69) is 24.0 Å². The van der Waals surface area contributed by atoms with Crippen molar-refractivity contribution in [3.63, 3.8) is 0 Å². The molecule has 0 spiro atoms. The van der Waals surface area contributed by atoms with E-state index >= 15 is 0 Å². The first-order valence-electron chi connectivity index (χ1n) is 5.20. The van der Waals surface area contributed by atoms with Gasteiger partial charge < -0.3 is 5.73 Å². The van der Waals surface area contributed by atoms with Crippen LogP contribution in [0.3, 0.4) is 0 Å². The van der Waals surface area contributed by atoms with E-state index in [1.54, 1.807) is 0 Å². The van der Waals surface area contributed by atoms with Gasteiger partial charge in [-0.1, -0.05) is 19.1 Å². The lowest BCUT2D eigenvalue weighted by Gasteiger charge is -2.04. The Morgan fingerprint density at radius 3 is 2.40 bits per heavy atom. The molecule has 0 aromatic heterocycles. The molecule has 1 rings (SSSR count). The molecule has 2 N–H and O–H groups in total. The summed E-state index contributed by atoms with van der Waals surface area (Å²) in [6, 6.07) is 8.48. The lowest BCUT2D eigenvalue weighted by Crippen LogP contribution is -2.15. The Morgan fingerprint density at radius 2 is 1.93 bits per heavy atom. The van der Waals surface area contributed by atoms with Gasteiger partial charge in [-0.3, -0.25) is 4.99 Å². The topological polar surface area (TPSA) is 38.4 Å². The van der Waals surface area contributed by atoms with E-state index in [0.29, 0.717) is 5.84 Å². The van der Waals surface area contributed by atoms with Gasteiger partial charge in [-0.25, -0.2) is 0 Å². The van der Waals surface area contributed by atoms with Crippen molar-refractivity contribution in [1.82, 2.24) is 0 Å².